The fourth-order valence-corrected chi connectivity index (χ4v) is 2.12. The summed E-state index contributed by atoms with van der Waals surface area (Å²) < 4.78 is 5.31. The van der Waals surface area contributed by atoms with Crippen LogP contribution in [0.5, 0.6) is 0 Å². The molecule has 0 spiro atoms. The number of benzene rings is 2. The number of rotatable bonds is 8. The van der Waals surface area contributed by atoms with E-state index >= 15 is 0 Å². The molecule has 120 valence electrons. The van der Waals surface area contributed by atoms with Crippen molar-refractivity contribution >= 4 is 11.9 Å². The van der Waals surface area contributed by atoms with Gasteiger partial charge in [0.2, 0.25) is 5.91 Å². The van der Waals surface area contributed by atoms with E-state index in [9.17, 15) is 14.7 Å². The highest BCUT2D eigenvalue weighted by Crippen LogP contribution is 2.04. The van der Waals surface area contributed by atoms with E-state index in [-0.39, 0.29) is 13.0 Å². The van der Waals surface area contributed by atoms with Crippen LogP contribution in [0.1, 0.15) is 11.1 Å². The van der Waals surface area contributed by atoms with Gasteiger partial charge >= 0.3 is 5.97 Å². The molecule has 5 heteroatoms. The Balaban J connectivity index is 1.80. The highest BCUT2D eigenvalue weighted by molar-refractivity contribution is 5.84. The number of hydrogen-bond donors (Lipinski definition) is 2. The van der Waals surface area contributed by atoms with Crippen LogP contribution in [0.25, 0.3) is 0 Å². The summed E-state index contributed by atoms with van der Waals surface area (Å²) in [7, 11) is 0. The zero-order valence-corrected chi connectivity index (χ0v) is 12.6. The molecular formula is C18H19NO4. The number of carboxylic acids is 1. The van der Waals surface area contributed by atoms with Gasteiger partial charge in [0.25, 0.3) is 0 Å². The van der Waals surface area contributed by atoms with E-state index < -0.39 is 17.9 Å². The number of nitrogens with one attached hydrogen (secondary N) is 1. The van der Waals surface area contributed by atoms with Crippen LogP contribution in [0.15, 0.2) is 60.7 Å². The summed E-state index contributed by atoms with van der Waals surface area (Å²) >= 11 is 0. The Morgan fingerprint density at radius 3 is 2.09 bits per heavy atom. The van der Waals surface area contributed by atoms with Crippen LogP contribution in [0.4, 0.5) is 0 Å². The molecule has 0 aliphatic carbocycles. The Hall–Kier alpha value is -2.66. The molecule has 0 bridgehead atoms. The van der Waals surface area contributed by atoms with Gasteiger partial charge in [-0.15, -0.1) is 0 Å². The van der Waals surface area contributed by atoms with Crippen LogP contribution in [0.2, 0.25) is 0 Å². The van der Waals surface area contributed by atoms with Crippen molar-refractivity contribution in [3.8, 4) is 0 Å². The lowest BCUT2D eigenvalue weighted by Crippen LogP contribution is -2.43. The Morgan fingerprint density at radius 1 is 0.957 bits per heavy atom. The molecule has 2 N–H and O–H groups in total. The Labute approximate surface area is 134 Å². The highest BCUT2D eigenvalue weighted by atomic mass is 16.5. The first-order valence-electron chi connectivity index (χ1n) is 7.33. The summed E-state index contributed by atoms with van der Waals surface area (Å²) in [5.41, 5.74) is 1.81. The van der Waals surface area contributed by atoms with Gasteiger partial charge in [-0.3, -0.25) is 4.79 Å². The molecule has 0 saturated heterocycles. The van der Waals surface area contributed by atoms with Gasteiger partial charge in [-0.25, -0.2) is 4.79 Å². The lowest BCUT2D eigenvalue weighted by Gasteiger charge is -2.14. The van der Waals surface area contributed by atoms with E-state index in [4.69, 9.17) is 4.74 Å². The fraction of sp³-hybridized carbons (Fsp3) is 0.222. The van der Waals surface area contributed by atoms with Gasteiger partial charge in [0.05, 0.1) is 6.61 Å². The van der Waals surface area contributed by atoms with Crippen LogP contribution in [0.3, 0.4) is 0 Å². The number of carbonyl (C=O) groups is 2. The number of amides is 1. The van der Waals surface area contributed by atoms with Crippen molar-refractivity contribution in [3.63, 3.8) is 0 Å². The molecule has 1 atom stereocenters. The van der Waals surface area contributed by atoms with Gasteiger partial charge in [-0.05, 0) is 11.1 Å². The maximum absolute atomic E-state index is 11.8. The zero-order chi connectivity index (χ0) is 16.5. The molecule has 0 heterocycles. The maximum atomic E-state index is 11.8. The Kier molecular flexibility index (Phi) is 6.32. The van der Waals surface area contributed by atoms with Crippen molar-refractivity contribution in [1.82, 2.24) is 5.32 Å². The smallest absolute Gasteiger partial charge is 0.326 e. The van der Waals surface area contributed by atoms with Gasteiger partial charge in [-0.2, -0.15) is 0 Å². The predicted octanol–water partition coefficient (Wildman–Crippen LogP) is 2.02. The van der Waals surface area contributed by atoms with Gasteiger partial charge < -0.3 is 15.2 Å². The number of aliphatic carboxylic acids is 1. The lowest BCUT2D eigenvalue weighted by atomic mass is 10.1. The first-order valence-corrected chi connectivity index (χ1v) is 7.33. The SMILES string of the molecule is O=C(COCc1ccccc1)NC(Cc1ccccc1)C(=O)O. The third-order valence-corrected chi connectivity index (χ3v) is 3.26. The van der Waals surface area contributed by atoms with Crippen LogP contribution < -0.4 is 5.32 Å². The number of ether oxygens (including phenoxy) is 1. The molecule has 2 aromatic rings. The summed E-state index contributed by atoms with van der Waals surface area (Å²) in [5.74, 6) is -1.51. The van der Waals surface area contributed by atoms with Crippen LogP contribution in [-0.4, -0.2) is 29.6 Å². The van der Waals surface area contributed by atoms with Crippen LogP contribution >= 0.6 is 0 Å². The van der Waals surface area contributed by atoms with Crippen molar-refractivity contribution in [1.29, 1.82) is 0 Å². The summed E-state index contributed by atoms with van der Waals surface area (Å²) in [4.78, 5) is 23.1. The average molecular weight is 313 g/mol. The van der Waals surface area contributed by atoms with Gasteiger partial charge in [0.15, 0.2) is 0 Å². The van der Waals surface area contributed by atoms with Gasteiger partial charge in [-0.1, -0.05) is 60.7 Å². The molecule has 5 nitrogen and oxygen atoms in total. The van der Waals surface area contributed by atoms with Gasteiger partial charge in [0, 0.05) is 6.42 Å². The Morgan fingerprint density at radius 2 is 1.52 bits per heavy atom. The summed E-state index contributed by atoms with van der Waals surface area (Å²) in [6, 6.07) is 17.7. The Bertz CT molecular complexity index is 628. The molecule has 0 fully saturated rings. The molecule has 2 aromatic carbocycles. The molecule has 0 saturated carbocycles. The van der Waals surface area contributed by atoms with E-state index in [1.54, 1.807) is 0 Å². The first-order chi connectivity index (χ1) is 11.1. The highest BCUT2D eigenvalue weighted by Gasteiger charge is 2.20. The molecular weight excluding hydrogens is 294 g/mol. The van der Waals surface area contributed by atoms with Crippen molar-refractivity contribution in [3.05, 3.63) is 71.8 Å². The third kappa shape index (κ3) is 5.92. The second kappa shape index (κ2) is 8.70. The molecule has 0 aliphatic heterocycles. The molecule has 23 heavy (non-hydrogen) atoms. The monoisotopic (exact) mass is 313 g/mol. The van der Waals surface area contributed by atoms with E-state index in [1.165, 1.54) is 0 Å². The summed E-state index contributed by atoms with van der Waals surface area (Å²) in [5, 5.41) is 11.7. The number of carboxylic acid groups (broad SMARTS) is 1. The minimum atomic E-state index is -1.06. The standard InChI is InChI=1S/C18H19NO4/c20-17(13-23-12-15-9-5-2-6-10-15)19-16(18(21)22)11-14-7-3-1-4-8-14/h1-10,16H,11-13H2,(H,19,20)(H,21,22). The fourth-order valence-electron chi connectivity index (χ4n) is 2.12. The topological polar surface area (TPSA) is 75.6 Å². The van der Waals surface area contributed by atoms with Crippen molar-refractivity contribution in [2.24, 2.45) is 0 Å². The molecule has 1 amide bonds. The normalized spacial score (nSPS) is 11.7. The first kappa shape index (κ1) is 16.7. The maximum Gasteiger partial charge on any atom is 0.326 e. The van der Waals surface area contributed by atoms with Gasteiger partial charge in [0.1, 0.15) is 12.6 Å². The van der Waals surface area contributed by atoms with Crippen molar-refractivity contribution in [2.75, 3.05) is 6.61 Å². The number of carbonyl (C=O) groups excluding carboxylic acids is 1. The second-order valence-electron chi connectivity index (χ2n) is 5.13. The molecule has 1 unspecified atom stereocenters. The number of hydrogen-bond acceptors (Lipinski definition) is 3. The van der Waals surface area contributed by atoms with E-state index in [2.05, 4.69) is 5.32 Å². The average Bonchev–Trinajstić information content (AvgIpc) is 2.56. The minimum absolute atomic E-state index is 0.173. The minimum Gasteiger partial charge on any atom is -0.480 e. The predicted molar refractivity (Wildman–Crippen MR) is 85.8 cm³/mol. The molecule has 0 radical (unpaired) electrons. The van der Waals surface area contributed by atoms with E-state index in [0.29, 0.717) is 6.61 Å². The second-order valence-corrected chi connectivity index (χ2v) is 5.13. The van der Waals surface area contributed by atoms with E-state index in [1.807, 2.05) is 60.7 Å². The summed E-state index contributed by atoms with van der Waals surface area (Å²) in [6.07, 6.45) is 0.237. The molecule has 2 rings (SSSR count). The van der Waals surface area contributed by atoms with Crippen LogP contribution in [-0.2, 0) is 27.4 Å². The third-order valence-electron chi connectivity index (χ3n) is 3.26. The quantitative estimate of drug-likeness (QED) is 0.782. The van der Waals surface area contributed by atoms with Crippen molar-refractivity contribution < 1.29 is 19.4 Å². The lowest BCUT2D eigenvalue weighted by molar-refractivity contribution is -0.142. The molecule has 0 aromatic heterocycles. The van der Waals surface area contributed by atoms with Crippen LogP contribution in [0, 0.1) is 0 Å². The largest absolute Gasteiger partial charge is 0.480 e. The van der Waals surface area contributed by atoms with E-state index in [0.717, 1.165) is 11.1 Å². The zero-order valence-electron chi connectivity index (χ0n) is 12.6. The molecule has 0 aliphatic rings. The summed E-state index contributed by atoms with van der Waals surface area (Å²) in [6.45, 7) is 0.137. The van der Waals surface area contributed by atoms with Crippen molar-refractivity contribution in [2.45, 2.75) is 19.1 Å².